The maximum absolute atomic E-state index is 12.6. The number of amides is 1. The smallest absolute Gasteiger partial charge is 0.263 e. The van der Waals surface area contributed by atoms with E-state index in [-0.39, 0.29) is 21.9 Å². The van der Waals surface area contributed by atoms with Crippen LogP contribution in [0, 0.1) is 12.8 Å². The van der Waals surface area contributed by atoms with Crippen molar-refractivity contribution in [1.29, 1.82) is 0 Å². The zero-order valence-electron chi connectivity index (χ0n) is 14.3. The van der Waals surface area contributed by atoms with Crippen LogP contribution in [0.15, 0.2) is 23.1 Å². The van der Waals surface area contributed by atoms with Gasteiger partial charge in [-0.15, -0.1) is 10.2 Å². The Morgan fingerprint density at radius 3 is 2.72 bits per heavy atom. The summed E-state index contributed by atoms with van der Waals surface area (Å²) in [5, 5.41) is 8.53. The van der Waals surface area contributed by atoms with Gasteiger partial charge in [-0.1, -0.05) is 25.2 Å². The number of fused-ring (bicyclic) bond motifs is 1. The molecule has 2 heterocycles. The Morgan fingerprint density at radius 2 is 2.08 bits per heavy atom. The Hall–Kier alpha value is -2.00. The summed E-state index contributed by atoms with van der Waals surface area (Å²) >= 11 is 1.18. The summed E-state index contributed by atoms with van der Waals surface area (Å²) in [4.78, 5) is 14.3. The number of aromatic nitrogens is 2. The lowest BCUT2D eigenvalue weighted by molar-refractivity contribution is -0.121. The van der Waals surface area contributed by atoms with Gasteiger partial charge in [0.15, 0.2) is 0 Å². The van der Waals surface area contributed by atoms with Crippen molar-refractivity contribution in [2.75, 3.05) is 16.2 Å². The van der Waals surface area contributed by atoms with Crippen LogP contribution in [-0.2, 0) is 21.2 Å². The summed E-state index contributed by atoms with van der Waals surface area (Å²) in [5.41, 5.74) is 1.67. The first-order valence-corrected chi connectivity index (χ1v) is 10.3. The van der Waals surface area contributed by atoms with Crippen molar-refractivity contribution in [3.05, 3.63) is 28.8 Å². The third kappa shape index (κ3) is 3.67. The molecule has 7 nitrogen and oxygen atoms in total. The van der Waals surface area contributed by atoms with E-state index in [1.165, 1.54) is 17.4 Å². The molecule has 134 valence electrons. The molecule has 1 aromatic carbocycles. The zero-order valence-corrected chi connectivity index (χ0v) is 15.9. The fraction of sp³-hybridized carbons (Fsp3) is 0.438. The van der Waals surface area contributed by atoms with Crippen LogP contribution in [0.1, 0.15) is 30.8 Å². The van der Waals surface area contributed by atoms with Crippen molar-refractivity contribution in [2.45, 2.75) is 38.5 Å². The fourth-order valence-corrected chi connectivity index (χ4v) is 4.66. The maximum atomic E-state index is 12.6. The largest absolute Gasteiger partial charge is 0.312 e. The number of carbonyl (C=O) groups is 1. The maximum Gasteiger partial charge on any atom is 0.263 e. The molecule has 1 aliphatic heterocycles. The van der Waals surface area contributed by atoms with Crippen LogP contribution in [0.5, 0.6) is 0 Å². The molecular weight excluding hydrogens is 360 g/mol. The number of sulfonamides is 1. The van der Waals surface area contributed by atoms with Gasteiger partial charge in [0.05, 0.1) is 4.90 Å². The van der Waals surface area contributed by atoms with Gasteiger partial charge in [-0.3, -0.25) is 9.52 Å². The minimum Gasteiger partial charge on any atom is -0.312 e. The van der Waals surface area contributed by atoms with E-state index in [9.17, 15) is 13.2 Å². The lowest BCUT2D eigenvalue weighted by atomic mass is 10.0. The van der Waals surface area contributed by atoms with Gasteiger partial charge in [0, 0.05) is 18.2 Å². The van der Waals surface area contributed by atoms with E-state index in [1.807, 2.05) is 13.8 Å². The third-order valence-corrected chi connectivity index (χ3v) is 6.21. The molecule has 0 radical (unpaired) electrons. The van der Waals surface area contributed by atoms with Gasteiger partial charge >= 0.3 is 0 Å². The highest BCUT2D eigenvalue weighted by atomic mass is 32.2. The van der Waals surface area contributed by atoms with E-state index >= 15 is 0 Å². The second-order valence-electron chi connectivity index (χ2n) is 6.27. The molecule has 2 aromatic rings. The summed E-state index contributed by atoms with van der Waals surface area (Å²) in [6, 6.07) is 4.89. The monoisotopic (exact) mass is 380 g/mol. The number of nitrogens with zero attached hydrogens (tertiary/aromatic N) is 3. The molecule has 1 amide bonds. The Labute approximate surface area is 151 Å². The van der Waals surface area contributed by atoms with E-state index in [2.05, 4.69) is 14.9 Å². The SMILES string of the molecule is Cc1nnc(NS(=O)(=O)c2ccc3c(c2)CCCN3C(=O)C(C)C)s1. The van der Waals surface area contributed by atoms with Crippen LogP contribution in [0.3, 0.4) is 0 Å². The second-order valence-corrected chi connectivity index (χ2v) is 9.13. The molecule has 0 bridgehead atoms. The number of aryl methyl sites for hydroxylation is 2. The number of hydrogen-bond donors (Lipinski definition) is 1. The number of rotatable bonds is 4. The fourth-order valence-electron chi connectivity index (χ4n) is 2.79. The molecule has 1 aliphatic rings. The van der Waals surface area contributed by atoms with E-state index in [0.717, 1.165) is 24.1 Å². The number of benzene rings is 1. The van der Waals surface area contributed by atoms with Gasteiger partial charge in [-0.25, -0.2) is 8.42 Å². The molecule has 0 spiro atoms. The summed E-state index contributed by atoms with van der Waals surface area (Å²) in [6.45, 7) is 6.15. The Kier molecular flexibility index (Phi) is 4.79. The second kappa shape index (κ2) is 6.72. The molecule has 3 rings (SSSR count). The normalized spacial score (nSPS) is 14.5. The molecular formula is C16H20N4O3S2. The lowest BCUT2D eigenvalue weighted by Crippen LogP contribution is -2.38. The first-order valence-electron chi connectivity index (χ1n) is 8.05. The highest BCUT2D eigenvalue weighted by Gasteiger charge is 2.26. The third-order valence-electron chi connectivity index (χ3n) is 3.99. The molecule has 0 fully saturated rings. The Balaban J connectivity index is 1.91. The van der Waals surface area contributed by atoms with Gasteiger partial charge in [-0.05, 0) is 43.5 Å². The first kappa shape index (κ1) is 17.8. The Bertz CT molecular complexity index is 906. The summed E-state index contributed by atoms with van der Waals surface area (Å²) < 4.78 is 27.6. The average molecular weight is 380 g/mol. The average Bonchev–Trinajstić information content (AvgIpc) is 2.97. The number of hydrogen-bond acceptors (Lipinski definition) is 6. The minimum absolute atomic E-state index is 0.0546. The molecule has 0 atom stereocenters. The van der Waals surface area contributed by atoms with Crippen LogP contribution in [0.2, 0.25) is 0 Å². The van der Waals surface area contributed by atoms with Crippen molar-refractivity contribution in [2.24, 2.45) is 5.92 Å². The van der Waals surface area contributed by atoms with Crippen LogP contribution >= 0.6 is 11.3 Å². The molecule has 25 heavy (non-hydrogen) atoms. The highest BCUT2D eigenvalue weighted by Crippen LogP contribution is 2.31. The number of nitrogens with one attached hydrogen (secondary N) is 1. The van der Waals surface area contributed by atoms with Gasteiger partial charge in [0.25, 0.3) is 10.0 Å². The van der Waals surface area contributed by atoms with Crippen molar-refractivity contribution < 1.29 is 13.2 Å². The van der Waals surface area contributed by atoms with Gasteiger partial charge < -0.3 is 4.90 Å². The minimum atomic E-state index is -3.73. The van der Waals surface area contributed by atoms with E-state index in [1.54, 1.807) is 24.0 Å². The van der Waals surface area contributed by atoms with E-state index in [4.69, 9.17) is 0 Å². The van der Waals surface area contributed by atoms with Crippen LogP contribution < -0.4 is 9.62 Å². The number of anilines is 2. The topological polar surface area (TPSA) is 92.3 Å². The summed E-state index contributed by atoms with van der Waals surface area (Å²) in [6.07, 6.45) is 1.57. The zero-order chi connectivity index (χ0) is 18.2. The molecule has 0 aliphatic carbocycles. The van der Waals surface area contributed by atoms with Gasteiger partial charge in [-0.2, -0.15) is 0 Å². The molecule has 0 unspecified atom stereocenters. The first-order chi connectivity index (χ1) is 11.8. The lowest BCUT2D eigenvalue weighted by Gasteiger charge is -2.31. The molecule has 0 saturated heterocycles. The van der Waals surface area contributed by atoms with Crippen molar-refractivity contribution in [3.8, 4) is 0 Å². The van der Waals surface area contributed by atoms with Crippen molar-refractivity contribution >= 4 is 38.1 Å². The Morgan fingerprint density at radius 1 is 1.32 bits per heavy atom. The molecule has 9 heteroatoms. The molecule has 1 aromatic heterocycles. The van der Waals surface area contributed by atoms with Crippen LogP contribution in [0.25, 0.3) is 0 Å². The van der Waals surface area contributed by atoms with Crippen molar-refractivity contribution in [1.82, 2.24) is 10.2 Å². The van der Waals surface area contributed by atoms with Crippen LogP contribution in [-0.4, -0.2) is 31.1 Å². The quantitative estimate of drug-likeness (QED) is 0.880. The van der Waals surface area contributed by atoms with Gasteiger partial charge in [0.1, 0.15) is 5.01 Å². The van der Waals surface area contributed by atoms with Crippen molar-refractivity contribution in [3.63, 3.8) is 0 Å². The van der Waals surface area contributed by atoms with E-state index in [0.29, 0.717) is 11.6 Å². The van der Waals surface area contributed by atoms with Crippen LogP contribution in [0.4, 0.5) is 10.8 Å². The van der Waals surface area contributed by atoms with Gasteiger partial charge in [0.2, 0.25) is 11.0 Å². The molecule has 1 N–H and O–H groups in total. The molecule has 0 saturated carbocycles. The predicted molar refractivity (Wildman–Crippen MR) is 97.4 cm³/mol. The van der Waals surface area contributed by atoms with E-state index < -0.39 is 10.0 Å². The summed E-state index contributed by atoms with van der Waals surface area (Å²) in [5.74, 6) is -0.0457. The highest BCUT2D eigenvalue weighted by molar-refractivity contribution is 7.93. The summed E-state index contributed by atoms with van der Waals surface area (Å²) in [7, 11) is -3.73. The standard InChI is InChI=1S/C16H20N4O3S2/c1-10(2)15(21)20-8-4-5-12-9-13(6-7-14(12)20)25(22,23)19-16-18-17-11(3)24-16/h6-7,9-10H,4-5,8H2,1-3H3,(H,18,19). The number of carbonyl (C=O) groups excluding carboxylic acids is 1. The predicted octanol–water partition coefficient (Wildman–Crippen LogP) is 2.58.